The molecule has 1 aliphatic rings. The van der Waals surface area contributed by atoms with Crippen LogP contribution in [0.3, 0.4) is 0 Å². The highest BCUT2D eigenvalue weighted by atomic mass is 32.2. The number of hydrogen-bond donors (Lipinski definition) is 2. The number of nitrogens with one attached hydrogen (secondary N) is 2. The molecule has 0 amide bonds. The van der Waals surface area contributed by atoms with Gasteiger partial charge in [0.2, 0.25) is 0 Å². The number of sulfone groups is 1. The van der Waals surface area contributed by atoms with E-state index in [-0.39, 0.29) is 0 Å². The van der Waals surface area contributed by atoms with Gasteiger partial charge in [-0.05, 0) is 37.2 Å². The molecule has 1 aliphatic heterocycles. The molecule has 5 nitrogen and oxygen atoms in total. The van der Waals surface area contributed by atoms with Crippen molar-refractivity contribution in [3.05, 3.63) is 29.8 Å². The summed E-state index contributed by atoms with van der Waals surface area (Å²) in [5.41, 5.74) is 1.11. The van der Waals surface area contributed by atoms with E-state index in [1.54, 1.807) is 12.1 Å². The van der Waals surface area contributed by atoms with Crippen LogP contribution >= 0.6 is 0 Å². The molecule has 6 heteroatoms. The fourth-order valence-corrected chi connectivity index (χ4v) is 3.08. The molecule has 0 saturated carbocycles. The van der Waals surface area contributed by atoms with Gasteiger partial charge in [0.1, 0.15) is 0 Å². The maximum atomic E-state index is 11.4. The summed E-state index contributed by atoms with van der Waals surface area (Å²) in [4.78, 5) is 2.85. The average Bonchev–Trinajstić information content (AvgIpc) is 2.72. The van der Waals surface area contributed by atoms with Gasteiger partial charge in [-0.1, -0.05) is 12.1 Å². The molecule has 0 unspecified atom stereocenters. The second-order valence-electron chi connectivity index (χ2n) is 5.54. The first kappa shape index (κ1) is 16.4. The zero-order chi connectivity index (χ0) is 15.1. The van der Waals surface area contributed by atoms with Crippen LogP contribution in [-0.4, -0.2) is 58.8 Å². The Morgan fingerprint density at radius 1 is 1.19 bits per heavy atom. The zero-order valence-electron chi connectivity index (χ0n) is 12.6. The molecule has 0 aliphatic carbocycles. The Labute approximate surface area is 127 Å². The number of rotatable bonds is 6. The monoisotopic (exact) mass is 311 g/mol. The molecule has 1 aromatic rings. The van der Waals surface area contributed by atoms with E-state index < -0.39 is 9.84 Å². The van der Waals surface area contributed by atoms with E-state index in [1.165, 1.54) is 12.7 Å². The van der Waals surface area contributed by atoms with Crippen molar-refractivity contribution in [1.82, 2.24) is 15.5 Å². The van der Waals surface area contributed by atoms with Crippen molar-refractivity contribution in [2.75, 3.05) is 45.5 Å². The van der Waals surface area contributed by atoms with E-state index >= 15 is 0 Å². The van der Waals surface area contributed by atoms with E-state index in [0.29, 0.717) is 4.90 Å². The van der Waals surface area contributed by atoms with E-state index in [0.717, 1.165) is 51.4 Å². The highest BCUT2D eigenvalue weighted by molar-refractivity contribution is 7.90. The Kier molecular flexibility index (Phi) is 6.17. The predicted molar refractivity (Wildman–Crippen MR) is 85.2 cm³/mol. The molecule has 21 heavy (non-hydrogen) atoms. The Bertz CT molecular complexity index is 520. The van der Waals surface area contributed by atoms with E-state index in [2.05, 4.69) is 15.5 Å². The van der Waals surface area contributed by atoms with Gasteiger partial charge in [-0.3, -0.25) is 0 Å². The molecular weight excluding hydrogens is 286 g/mol. The smallest absolute Gasteiger partial charge is 0.175 e. The number of benzene rings is 1. The highest BCUT2D eigenvalue weighted by Crippen LogP contribution is 2.10. The van der Waals surface area contributed by atoms with Crippen LogP contribution in [0.15, 0.2) is 29.2 Å². The van der Waals surface area contributed by atoms with Crippen LogP contribution in [0.25, 0.3) is 0 Å². The van der Waals surface area contributed by atoms with Crippen LogP contribution in [0.4, 0.5) is 0 Å². The summed E-state index contributed by atoms with van der Waals surface area (Å²) in [6.45, 7) is 7.26. The van der Waals surface area contributed by atoms with Gasteiger partial charge in [0, 0.05) is 39.0 Å². The fourth-order valence-electron chi connectivity index (χ4n) is 2.45. The lowest BCUT2D eigenvalue weighted by molar-refractivity contribution is 0.291. The quantitative estimate of drug-likeness (QED) is 0.748. The van der Waals surface area contributed by atoms with Gasteiger partial charge in [-0.15, -0.1) is 0 Å². The number of hydrogen-bond acceptors (Lipinski definition) is 5. The minimum atomic E-state index is -3.10. The fraction of sp³-hybridized carbons (Fsp3) is 0.600. The third kappa shape index (κ3) is 5.74. The lowest BCUT2D eigenvalue weighted by atomic mass is 10.2. The standard InChI is InChI=1S/C15H25N3O2S/c1-21(19,20)15-5-3-14(4-6-15)13-17-9-12-18-10-2-7-16-8-11-18/h3-6,16-17H,2,7-13H2,1H3. The summed E-state index contributed by atoms with van der Waals surface area (Å²) in [5, 5.41) is 6.82. The zero-order valence-corrected chi connectivity index (χ0v) is 13.5. The van der Waals surface area contributed by atoms with Crippen molar-refractivity contribution in [1.29, 1.82) is 0 Å². The summed E-state index contributed by atoms with van der Waals surface area (Å²) < 4.78 is 22.8. The van der Waals surface area contributed by atoms with E-state index in [9.17, 15) is 8.42 Å². The maximum Gasteiger partial charge on any atom is 0.175 e. The van der Waals surface area contributed by atoms with Gasteiger partial charge in [0.15, 0.2) is 9.84 Å². The first-order chi connectivity index (χ1) is 10.1. The predicted octanol–water partition coefficient (Wildman–Crippen LogP) is 0.475. The summed E-state index contributed by atoms with van der Waals surface area (Å²) in [6.07, 6.45) is 2.45. The van der Waals surface area contributed by atoms with Crippen LogP contribution in [0.1, 0.15) is 12.0 Å². The SMILES string of the molecule is CS(=O)(=O)c1ccc(CNCCN2CCCNCC2)cc1. The Hall–Kier alpha value is -0.950. The van der Waals surface area contributed by atoms with Crippen LogP contribution < -0.4 is 10.6 Å². The molecular formula is C15H25N3O2S. The lowest BCUT2D eigenvalue weighted by Crippen LogP contribution is -2.34. The first-order valence-corrected chi connectivity index (χ1v) is 9.37. The van der Waals surface area contributed by atoms with Gasteiger partial charge < -0.3 is 15.5 Å². The molecule has 0 spiro atoms. The third-order valence-electron chi connectivity index (χ3n) is 3.72. The molecule has 0 atom stereocenters. The average molecular weight is 311 g/mol. The minimum Gasteiger partial charge on any atom is -0.315 e. The van der Waals surface area contributed by atoms with E-state index in [1.807, 2.05) is 12.1 Å². The molecule has 0 aromatic heterocycles. The van der Waals surface area contributed by atoms with Crippen molar-refractivity contribution in [2.45, 2.75) is 17.9 Å². The van der Waals surface area contributed by atoms with Crippen LogP contribution in [0.5, 0.6) is 0 Å². The summed E-state index contributed by atoms with van der Waals surface area (Å²) in [5.74, 6) is 0. The van der Waals surface area contributed by atoms with Crippen molar-refractivity contribution >= 4 is 9.84 Å². The Morgan fingerprint density at radius 2 is 1.95 bits per heavy atom. The maximum absolute atomic E-state index is 11.4. The van der Waals surface area contributed by atoms with Crippen molar-refractivity contribution < 1.29 is 8.42 Å². The molecule has 1 fully saturated rings. The second-order valence-corrected chi connectivity index (χ2v) is 7.55. The molecule has 118 valence electrons. The largest absolute Gasteiger partial charge is 0.315 e. The minimum absolute atomic E-state index is 0.378. The van der Waals surface area contributed by atoms with Crippen molar-refractivity contribution in [3.8, 4) is 0 Å². The molecule has 2 N–H and O–H groups in total. The summed E-state index contributed by atoms with van der Waals surface area (Å²) >= 11 is 0. The Morgan fingerprint density at radius 3 is 2.67 bits per heavy atom. The van der Waals surface area contributed by atoms with Gasteiger partial charge >= 0.3 is 0 Å². The highest BCUT2D eigenvalue weighted by Gasteiger charge is 2.08. The van der Waals surface area contributed by atoms with Crippen molar-refractivity contribution in [2.24, 2.45) is 0 Å². The molecule has 1 saturated heterocycles. The Balaban J connectivity index is 1.71. The third-order valence-corrected chi connectivity index (χ3v) is 4.85. The topological polar surface area (TPSA) is 61.4 Å². The summed E-state index contributed by atoms with van der Waals surface area (Å²) in [6, 6.07) is 7.10. The molecule has 0 radical (unpaired) electrons. The van der Waals surface area contributed by atoms with Gasteiger partial charge in [-0.2, -0.15) is 0 Å². The van der Waals surface area contributed by atoms with Gasteiger partial charge in [0.05, 0.1) is 4.90 Å². The van der Waals surface area contributed by atoms with Gasteiger partial charge in [0.25, 0.3) is 0 Å². The van der Waals surface area contributed by atoms with Crippen molar-refractivity contribution in [3.63, 3.8) is 0 Å². The van der Waals surface area contributed by atoms with Crippen LogP contribution in [0.2, 0.25) is 0 Å². The number of nitrogens with zero attached hydrogens (tertiary/aromatic N) is 1. The molecule has 2 rings (SSSR count). The summed E-state index contributed by atoms with van der Waals surface area (Å²) in [7, 11) is -3.10. The lowest BCUT2D eigenvalue weighted by Gasteiger charge is -2.19. The second kappa shape index (κ2) is 7.89. The molecule has 0 bridgehead atoms. The van der Waals surface area contributed by atoms with Crippen LogP contribution in [-0.2, 0) is 16.4 Å². The van der Waals surface area contributed by atoms with Gasteiger partial charge in [-0.25, -0.2) is 8.42 Å². The molecule has 1 heterocycles. The molecule has 1 aromatic carbocycles. The first-order valence-electron chi connectivity index (χ1n) is 7.48. The van der Waals surface area contributed by atoms with E-state index in [4.69, 9.17) is 0 Å². The normalized spacial score (nSPS) is 17.6. The van der Waals surface area contributed by atoms with Crippen LogP contribution in [0, 0.1) is 0 Å².